The fourth-order valence-corrected chi connectivity index (χ4v) is 8.72. The molecule has 0 bridgehead atoms. The van der Waals surface area contributed by atoms with E-state index in [0.29, 0.717) is 23.7 Å². The van der Waals surface area contributed by atoms with Crippen molar-refractivity contribution in [3.63, 3.8) is 0 Å². The average molecular weight is 557 g/mol. The summed E-state index contributed by atoms with van der Waals surface area (Å²) in [6, 6.07) is 41.3. The van der Waals surface area contributed by atoms with E-state index in [1.807, 2.05) is 109 Å². The summed E-state index contributed by atoms with van der Waals surface area (Å²) in [6.07, 6.45) is 3.88. The van der Waals surface area contributed by atoms with Crippen molar-refractivity contribution in [2.75, 3.05) is 6.16 Å². The normalized spacial score (nSPS) is 11.7. The van der Waals surface area contributed by atoms with Crippen LogP contribution in [0.3, 0.4) is 0 Å². The van der Waals surface area contributed by atoms with Crippen molar-refractivity contribution in [1.82, 2.24) is 0 Å². The highest BCUT2D eigenvalue weighted by Gasteiger charge is 2.26. The van der Waals surface area contributed by atoms with E-state index in [1.54, 1.807) is 6.07 Å². The summed E-state index contributed by atoms with van der Waals surface area (Å²) in [5.74, 6) is 0.369. The lowest BCUT2D eigenvalue weighted by molar-refractivity contribution is 0.465. The summed E-state index contributed by atoms with van der Waals surface area (Å²) in [6.45, 7) is 0. The molecule has 0 saturated carbocycles. The van der Waals surface area contributed by atoms with Crippen LogP contribution in [0.15, 0.2) is 127 Å². The van der Waals surface area contributed by atoms with Crippen LogP contribution in [0.4, 0.5) is 0 Å². The number of aromatic hydroxyl groups is 2. The molecule has 0 aliphatic rings. The molecule has 6 aromatic carbocycles. The Morgan fingerprint density at radius 3 is 1.76 bits per heavy atom. The van der Waals surface area contributed by atoms with Gasteiger partial charge in [-0.1, -0.05) is 122 Å². The molecule has 3 nitrogen and oxygen atoms in total. The lowest BCUT2D eigenvalue weighted by Crippen LogP contribution is -2.18. The van der Waals surface area contributed by atoms with Gasteiger partial charge < -0.3 is 14.8 Å². The molecule has 0 aromatic heterocycles. The number of rotatable bonds is 9. The maximum absolute atomic E-state index is 14.3. The van der Waals surface area contributed by atoms with Crippen molar-refractivity contribution in [2.24, 2.45) is 0 Å². The predicted octanol–water partition coefficient (Wildman–Crippen LogP) is 8.80. The Labute approximate surface area is 241 Å². The molecule has 4 heteroatoms. The van der Waals surface area contributed by atoms with Gasteiger partial charge in [-0.2, -0.15) is 0 Å². The van der Waals surface area contributed by atoms with Gasteiger partial charge in [0.1, 0.15) is 18.6 Å². The van der Waals surface area contributed by atoms with Crippen LogP contribution in [-0.4, -0.2) is 16.4 Å². The standard InChI is InChI=1S/C37H33O3P/c38-34-24-23-27-14-9-11-21-32(27)35(34)36-33-22-12-10-15-28(33)26-29(37(36)39)16-4-3-13-25-41(40,30-17-5-1-6-18-30)31-19-7-2-8-20-31/h1-2,5-12,14-15,17-24,26,38-39H,3-4,13,16,25H2. The molecule has 0 aliphatic heterocycles. The SMILES string of the molecule is O=P(CCCCCc1cc2ccccc2c(-c2c(O)ccc3ccccc23)c1O)(c1ccccc1)c1ccccc1. The molecule has 0 atom stereocenters. The summed E-state index contributed by atoms with van der Waals surface area (Å²) in [7, 11) is -2.73. The quantitative estimate of drug-likeness (QED) is 0.138. The van der Waals surface area contributed by atoms with Gasteiger partial charge >= 0.3 is 0 Å². The minimum atomic E-state index is -2.73. The predicted molar refractivity (Wildman–Crippen MR) is 172 cm³/mol. The van der Waals surface area contributed by atoms with Crippen LogP contribution in [0.5, 0.6) is 11.5 Å². The largest absolute Gasteiger partial charge is 0.507 e. The molecule has 204 valence electrons. The van der Waals surface area contributed by atoms with Gasteiger partial charge in [0, 0.05) is 27.9 Å². The Morgan fingerprint density at radius 2 is 1.10 bits per heavy atom. The van der Waals surface area contributed by atoms with E-state index in [4.69, 9.17) is 0 Å². The van der Waals surface area contributed by atoms with Crippen LogP contribution >= 0.6 is 7.14 Å². The van der Waals surface area contributed by atoms with Gasteiger partial charge in [-0.15, -0.1) is 0 Å². The molecule has 6 rings (SSSR count). The summed E-state index contributed by atoms with van der Waals surface area (Å²) in [5, 5.41) is 28.3. The van der Waals surface area contributed by atoms with Crippen molar-refractivity contribution in [3.8, 4) is 22.6 Å². The summed E-state index contributed by atoms with van der Waals surface area (Å²) in [5.41, 5.74) is 2.19. The lowest BCUT2D eigenvalue weighted by atomic mass is 9.89. The zero-order valence-electron chi connectivity index (χ0n) is 22.9. The molecular formula is C37H33O3P. The van der Waals surface area contributed by atoms with E-state index in [9.17, 15) is 14.8 Å². The molecule has 41 heavy (non-hydrogen) atoms. The maximum Gasteiger partial charge on any atom is 0.143 e. The highest BCUT2D eigenvalue weighted by atomic mass is 31.2. The second-order valence-corrected chi connectivity index (χ2v) is 13.6. The van der Waals surface area contributed by atoms with E-state index < -0.39 is 7.14 Å². The first-order valence-corrected chi connectivity index (χ1v) is 16.1. The van der Waals surface area contributed by atoms with Gasteiger partial charge in [-0.25, -0.2) is 0 Å². The number of hydrogen-bond donors (Lipinski definition) is 2. The number of phenolic OH excluding ortho intramolecular Hbond substituents is 2. The fraction of sp³-hybridized carbons (Fsp3) is 0.135. The number of unbranched alkanes of at least 4 members (excludes halogenated alkanes) is 2. The van der Waals surface area contributed by atoms with E-state index in [0.717, 1.165) is 57.0 Å². The fourth-order valence-electron chi connectivity index (χ4n) is 5.93. The molecule has 0 unspecified atom stereocenters. The van der Waals surface area contributed by atoms with E-state index >= 15 is 0 Å². The molecule has 6 aromatic rings. The minimum Gasteiger partial charge on any atom is -0.507 e. The van der Waals surface area contributed by atoms with Crippen molar-refractivity contribution < 1.29 is 14.8 Å². The van der Waals surface area contributed by atoms with Crippen LogP contribution in [0, 0.1) is 0 Å². The molecule has 0 saturated heterocycles. The Morgan fingerprint density at radius 1 is 0.537 bits per heavy atom. The average Bonchev–Trinajstić information content (AvgIpc) is 3.02. The first-order chi connectivity index (χ1) is 20.1. The van der Waals surface area contributed by atoms with E-state index in [2.05, 4.69) is 12.1 Å². The number of benzene rings is 6. The molecule has 2 N–H and O–H groups in total. The van der Waals surface area contributed by atoms with Gasteiger partial charge in [0.2, 0.25) is 0 Å². The second kappa shape index (κ2) is 11.6. The Bertz CT molecular complexity index is 1820. The molecule has 0 heterocycles. The number of aryl methyl sites for hydroxylation is 1. The van der Waals surface area contributed by atoms with Crippen LogP contribution in [0.25, 0.3) is 32.7 Å². The number of hydrogen-bond acceptors (Lipinski definition) is 3. The zero-order chi connectivity index (χ0) is 28.2. The van der Waals surface area contributed by atoms with Crippen molar-refractivity contribution in [2.45, 2.75) is 25.7 Å². The molecule has 0 spiro atoms. The van der Waals surface area contributed by atoms with Crippen LogP contribution in [-0.2, 0) is 11.0 Å². The first kappa shape index (κ1) is 26.9. The van der Waals surface area contributed by atoms with Crippen molar-refractivity contribution in [1.29, 1.82) is 0 Å². The van der Waals surface area contributed by atoms with Crippen molar-refractivity contribution in [3.05, 3.63) is 133 Å². The Balaban J connectivity index is 1.27. The van der Waals surface area contributed by atoms with E-state index in [1.165, 1.54) is 0 Å². The van der Waals surface area contributed by atoms with Gasteiger partial charge in [-0.05, 0) is 58.5 Å². The summed E-state index contributed by atoms with van der Waals surface area (Å²) >= 11 is 0. The maximum atomic E-state index is 14.3. The van der Waals surface area contributed by atoms with Crippen LogP contribution in [0.2, 0.25) is 0 Å². The van der Waals surface area contributed by atoms with Crippen LogP contribution < -0.4 is 10.6 Å². The molecule has 0 fully saturated rings. The van der Waals surface area contributed by atoms with Crippen LogP contribution in [0.1, 0.15) is 24.8 Å². The minimum absolute atomic E-state index is 0.152. The Kier molecular flexibility index (Phi) is 7.63. The number of fused-ring (bicyclic) bond motifs is 2. The second-order valence-electron chi connectivity index (χ2n) is 10.6. The van der Waals surface area contributed by atoms with Gasteiger partial charge in [-0.3, -0.25) is 0 Å². The zero-order valence-corrected chi connectivity index (χ0v) is 23.8. The van der Waals surface area contributed by atoms with Gasteiger partial charge in [0.25, 0.3) is 0 Å². The molecule has 0 aliphatic carbocycles. The number of phenols is 2. The van der Waals surface area contributed by atoms with Gasteiger partial charge in [0.15, 0.2) is 0 Å². The monoisotopic (exact) mass is 556 g/mol. The molecule has 0 amide bonds. The molecule has 0 radical (unpaired) electrons. The third-order valence-corrected chi connectivity index (χ3v) is 11.2. The summed E-state index contributed by atoms with van der Waals surface area (Å²) in [4.78, 5) is 0. The smallest absolute Gasteiger partial charge is 0.143 e. The summed E-state index contributed by atoms with van der Waals surface area (Å²) < 4.78 is 14.3. The Hall–Kier alpha value is -4.33. The first-order valence-electron chi connectivity index (χ1n) is 14.2. The molecular weight excluding hydrogens is 523 g/mol. The van der Waals surface area contributed by atoms with Crippen molar-refractivity contribution >= 4 is 39.3 Å². The topological polar surface area (TPSA) is 57.5 Å². The third-order valence-electron chi connectivity index (χ3n) is 8.02. The highest BCUT2D eigenvalue weighted by Crippen LogP contribution is 2.47. The van der Waals surface area contributed by atoms with E-state index in [-0.39, 0.29) is 11.5 Å². The third kappa shape index (κ3) is 5.26. The van der Waals surface area contributed by atoms with Gasteiger partial charge in [0.05, 0.1) is 0 Å². The lowest BCUT2D eigenvalue weighted by Gasteiger charge is -2.19. The highest BCUT2D eigenvalue weighted by molar-refractivity contribution is 7.78.